The zero-order valence-corrected chi connectivity index (χ0v) is 18.9. The second kappa shape index (κ2) is 13.8. The van der Waals surface area contributed by atoms with Crippen LogP contribution in [-0.2, 0) is 24.0 Å². The van der Waals surface area contributed by atoms with Gasteiger partial charge in [0.05, 0.1) is 18.6 Å². The van der Waals surface area contributed by atoms with Crippen LogP contribution in [0.4, 0.5) is 0 Å². The lowest BCUT2D eigenvalue weighted by Crippen LogP contribution is -2.59. The number of amides is 4. The molecule has 5 unspecified atom stereocenters. The Balaban J connectivity index is 5.38. The molecular formula is C18H33N5O7S. The summed E-state index contributed by atoms with van der Waals surface area (Å²) in [5, 5.41) is 25.9. The first kappa shape index (κ1) is 28.6. The summed E-state index contributed by atoms with van der Waals surface area (Å²) in [5.74, 6) is -4.32. The summed E-state index contributed by atoms with van der Waals surface area (Å²) in [6.45, 7) is 4.54. The number of rotatable bonds is 14. The molecule has 0 aromatic rings. The molecule has 0 aliphatic heterocycles. The third kappa shape index (κ3) is 10.5. The predicted molar refractivity (Wildman–Crippen MR) is 115 cm³/mol. The van der Waals surface area contributed by atoms with Crippen LogP contribution in [0.2, 0.25) is 0 Å². The fourth-order valence-electron chi connectivity index (χ4n) is 2.51. The summed E-state index contributed by atoms with van der Waals surface area (Å²) in [5.41, 5.74) is 10.6. The Hall–Kier alpha value is -2.38. The van der Waals surface area contributed by atoms with Crippen LogP contribution < -0.4 is 27.4 Å². The van der Waals surface area contributed by atoms with Crippen LogP contribution >= 0.6 is 11.8 Å². The zero-order valence-electron chi connectivity index (χ0n) is 18.1. The first-order chi connectivity index (χ1) is 14.3. The fraction of sp³-hybridized carbons (Fsp3) is 0.722. The molecule has 178 valence electrons. The van der Waals surface area contributed by atoms with Gasteiger partial charge in [-0.05, 0) is 31.3 Å². The number of carboxylic acids is 1. The molecule has 13 heteroatoms. The van der Waals surface area contributed by atoms with Gasteiger partial charge >= 0.3 is 5.97 Å². The van der Waals surface area contributed by atoms with Crippen LogP contribution in [0.1, 0.15) is 33.6 Å². The quantitative estimate of drug-likeness (QED) is 0.145. The van der Waals surface area contributed by atoms with Gasteiger partial charge in [0, 0.05) is 0 Å². The molecule has 4 amide bonds. The molecule has 5 atom stereocenters. The lowest BCUT2D eigenvalue weighted by molar-refractivity contribution is -0.145. The molecule has 0 aliphatic carbocycles. The monoisotopic (exact) mass is 463 g/mol. The van der Waals surface area contributed by atoms with Gasteiger partial charge in [0.25, 0.3) is 0 Å². The summed E-state index contributed by atoms with van der Waals surface area (Å²) in [7, 11) is 0. The predicted octanol–water partition coefficient (Wildman–Crippen LogP) is -2.48. The van der Waals surface area contributed by atoms with Crippen molar-refractivity contribution < 1.29 is 34.2 Å². The van der Waals surface area contributed by atoms with Crippen molar-refractivity contribution >= 4 is 41.4 Å². The summed E-state index contributed by atoms with van der Waals surface area (Å²) in [4.78, 5) is 59.7. The van der Waals surface area contributed by atoms with E-state index in [9.17, 15) is 29.1 Å². The number of carbonyl (C=O) groups excluding carboxylic acids is 4. The second-order valence-corrected chi connectivity index (χ2v) is 8.40. The Morgan fingerprint density at radius 2 is 1.48 bits per heavy atom. The first-order valence-electron chi connectivity index (χ1n) is 9.66. The zero-order chi connectivity index (χ0) is 24.3. The van der Waals surface area contributed by atoms with E-state index in [0.717, 1.165) is 0 Å². The van der Waals surface area contributed by atoms with E-state index >= 15 is 0 Å². The Labute approximate surface area is 185 Å². The summed E-state index contributed by atoms with van der Waals surface area (Å²) < 4.78 is 0. The standard InChI is InChI=1S/C18H33N5O7S/c1-8(2)13(22-15(26)10(19)7-12(20)25)17(28)21-11(5-6-31-4)16(27)23-14(9(3)24)18(29)30/h8-11,13-14,24H,5-7,19H2,1-4H3,(H2,20,25)(H,21,28)(H,22,26)(H,23,27)(H,29,30). The van der Waals surface area contributed by atoms with Gasteiger partial charge in [0.1, 0.15) is 12.1 Å². The number of primary amides is 1. The maximum atomic E-state index is 12.8. The molecular weight excluding hydrogens is 430 g/mol. The lowest BCUT2D eigenvalue weighted by atomic mass is 10.0. The highest BCUT2D eigenvalue weighted by Crippen LogP contribution is 2.07. The molecule has 0 fully saturated rings. The van der Waals surface area contributed by atoms with Crippen molar-refractivity contribution in [2.45, 2.75) is 63.9 Å². The van der Waals surface area contributed by atoms with E-state index in [0.29, 0.717) is 5.75 Å². The lowest BCUT2D eigenvalue weighted by Gasteiger charge is -2.27. The Morgan fingerprint density at radius 3 is 1.90 bits per heavy atom. The molecule has 0 saturated carbocycles. The number of carboxylic acid groups (broad SMARTS) is 1. The molecule has 0 spiro atoms. The number of thioether (sulfide) groups is 1. The molecule has 0 rings (SSSR count). The number of hydrogen-bond donors (Lipinski definition) is 7. The van der Waals surface area contributed by atoms with Crippen molar-refractivity contribution in [2.75, 3.05) is 12.0 Å². The van der Waals surface area contributed by atoms with E-state index in [1.54, 1.807) is 20.1 Å². The third-order valence-corrected chi connectivity index (χ3v) is 4.94. The highest BCUT2D eigenvalue weighted by molar-refractivity contribution is 7.98. The molecule has 0 aliphatic rings. The second-order valence-electron chi connectivity index (χ2n) is 7.41. The van der Waals surface area contributed by atoms with Crippen molar-refractivity contribution in [2.24, 2.45) is 17.4 Å². The molecule has 0 radical (unpaired) electrons. The van der Waals surface area contributed by atoms with Gasteiger partial charge in [-0.15, -0.1) is 0 Å². The largest absolute Gasteiger partial charge is 0.480 e. The number of aliphatic carboxylic acids is 1. The van der Waals surface area contributed by atoms with Crippen LogP contribution in [0.5, 0.6) is 0 Å². The number of aliphatic hydroxyl groups is 1. The normalized spacial score (nSPS) is 15.8. The Morgan fingerprint density at radius 1 is 0.935 bits per heavy atom. The van der Waals surface area contributed by atoms with Gasteiger partial charge in [-0.1, -0.05) is 13.8 Å². The maximum absolute atomic E-state index is 12.8. The fourth-order valence-corrected chi connectivity index (χ4v) is 2.98. The molecule has 0 bridgehead atoms. The number of nitrogens with two attached hydrogens (primary N) is 2. The third-order valence-electron chi connectivity index (χ3n) is 4.29. The smallest absolute Gasteiger partial charge is 0.328 e. The molecule has 0 aromatic heterocycles. The molecule has 0 saturated heterocycles. The minimum Gasteiger partial charge on any atom is -0.480 e. The van der Waals surface area contributed by atoms with Gasteiger partial charge in [-0.3, -0.25) is 19.2 Å². The van der Waals surface area contributed by atoms with Crippen LogP contribution in [0, 0.1) is 5.92 Å². The van der Waals surface area contributed by atoms with Crippen LogP contribution in [0.15, 0.2) is 0 Å². The summed E-state index contributed by atoms with van der Waals surface area (Å²) in [6, 6.07) is -4.95. The van der Waals surface area contributed by atoms with E-state index in [1.807, 2.05) is 0 Å². The number of aliphatic hydroxyl groups excluding tert-OH is 1. The van der Waals surface area contributed by atoms with Gasteiger partial charge < -0.3 is 37.6 Å². The summed E-state index contributed by atoms with van der Waals surface area (Å²) in [6.07, 6.45) is 0.231. The highest BCUT2D eigenvalue weighted by atomic mass is 32.2. The van der Waals surface area contributed by atoms with Crippen molar-refractivity contribution in [3.05, 3.63) is 0 Å². The van der Waals surface area contributed by atoms with Crippen LogP contribution in [0.25, 0.3) is 0 Å². The molecule has 31 heavy (non-hydrogen) atoms. The minimum absolute atomic E-state index is 0.185. The molecule has 9 N–H and O–H groups in total. The first-order valence-corrected chi connectivity index (χ1v) is 11.1. The Kier molecular flexibility index (Phi) is 12.8. The molecule has 0 heterocycles. The molecule has 12 nitrogen and oxygen atoms in total. The van der Waals surface area contributed by atoms with Gasteiger partial charge in [0.2, 0.25) is 23.6 Å². The van der Waals surface area contributed by atoms with E-state index in [1.165, 1.54) is 18.7 Å². The van der Waals surface area contributed by atoms with Crippen LogP contribution in [0.3, 0.4) is 0 Å². The van der Waals surface area contributed by atoms with Gasteiger partial charge in [0.15, 0.2) is 6.04 Å². The number of carbonyl (C=O) groups is 5. The maximum Gasteiger partial charge on any atom is 0.328 e. The number of nitrogens with one attached hydrogen (secondary N) is 3. The highest BCUT2D eigenvalue weighted by Gasteiger charge is 2.32. The van der Waals surface area contributed by atoms with E-state index < -0.39 is 72.2 Å². The number of hydrogen-bond acceptors (Lipinski definition) is 8. The van der Waals surface area contributed by atoms with Gasteiger partial charge in [-0.25, -0.2) is 4.79 Å². The SMILES string of the molecule is CSCCC(NC(=O)C(NC(=O)C(N)CC(N)=O)C(C)C)C(=O)NC(C(=O)O)C(C)O. The van der Waals surface area contributed by atoms with Crippen molar-refractivity contribution in [1.29, 1.82) is 0 Å². The van der Waals surface area contributed by atoms with E-state index in [2.05, 4.69) is 16.0 Å². The molecule has 0 aromatic carbocycles. The van der Waals surface area contributed by atoms with Crippen molar-refractivity contribution in [3.8, 4) is 0 Å². The van der Waals surface area contributed by atoms with E-state index in [4.69, 9.17) is 16.6 Å². The Bertz CT molecular complexity index is 659. The van der Waals surface area contributed by atoms with Crippen molar-refractivity contribution in [3.63, 3.8) is 0 Å². The van der Waals surface area contributed by atoms with E-state index in [-0.39, 0.29) is 6.42 Å². The average Bonchev–Trinajstić information content (AvgIpc) is 2.65. The topological polar surface area (TPSA) is 214 Å². The van der Waals surface area contributed by atoms with Crippen molar-refractivity contribution in [1.82, 2.24) is 16.0 Å². The summed E-state index contributed by atoms with van der Waals surface area (Å²) >= 11 is 1.41. The minimum atomic E-state index is -1.55. The van der Waals surface area contributed by atoms with Gasteiger partial charge in [-0.2, -0.15) is 11.8 Å². The average molecular weight is 464 g/mol. The van der Waals surface area contributed by atoms with Crippen LogP contribution in [-0.4, -0.2) is 82.1 Å².